The van der Waals surface area contributed by atoms with Gasteiger partial charge < -0.3 is 15.0 Å². The van der Waals surface area contributed by atoms with Crippen LogP contribution in [0.5, 0.6) is 5.75 Å². The molecule has 0 heterocycles. The molecule has 0 aliphatic heterocycles. The third-order valence-corrected chi connectivity index (χ3v) is 4.22. The molecule has 0 unspecified atom stereocenters. The van der Waals surface area contributed by atoms with E-state index >= 15 is 0 Å². The molecule has 116 valence electrons. The van der Waals surface area contributed by atoms with Gasteiger partial charge in [0.25, 0.3) is 0 Å². The lowest BCUT2D eigenvalue weighted by molar-refractivity contribution is 0.415. The van der Waals surface area contributed by atoms with E-state index < -0.39 is 0 Å². The Morgan fingerprint density at radius 3 is 2.64 bits per heavy atom. The SMILES string of the molecule is COc1cccc(NC(=S)N(C)Cc2ccc(Cl)c(Cl)c2)c1. The first kappa shape index (κ1) is 16.9. The second-order valence-corrected chi connectivity index (χ2v) is 5.97. The molecule has 6 heteroatoms. The van der Waals surface area contributed by atoms with Crippen LogP contribution in [0.4, 0.5) is 5.69 Å². The maximum Gasteiger partial charge on any atom is 0.173 e. The van der Waals surface area contributed by atoms with Crippen molar-refractivity contribution in [3.05, 3.63) is 58.1 Å². The molecule has 1 N–H and O–H groups in total. The summed E-state index contributed by atoms with van der Waals surface area (Å²) in [6.07, 6.45) is 0. The third-order valence-electron chi connectivity index (χ3n) is 3.07. The first-order valence-corrected chi connectivity index (χ1v) is 7.76. The van der Waals surface area contributed by atoms with Gasteiger partial charge in [-0.2, -0.15) is 0 Å². The first-order chi connectivity index (χ1) is 10.5. The lowest BCUT2D eigenvalue weighted by atomic mass is 10.2. The number of nitrogens with one attached hydrogen (secondary N) is 1. The lowest BCUT2D eigenvalue weighted by Gasteiger charge is -2.21. The largest absolute Gasteiger partial charge is 0.497 e. The Morgan fingerprint density at radius 1 is 1.18 bits per heavy atom. The molecular formula is C16H16Cl2N2OS. The molecular weight excluding hydrogens is 339 g/mol. The van der Waals surface area contributed by atoms with Crippen molar-refractivity contribution in [3.8, 4) is 5.75 Å². The van der Waals surface area contributed by atoms with Crippen molar-refractivity contribution in [3.63, 3.8) is 0 Å². The molecule has 0 bridgehead atoms. The molecule has 0 aliphatic carbocycles. The molecule has 2 rings (SSSR count). The number of anilines is 1. The van der Waals surface area contributed by atoms with E-state index in [0.29, 0.717) is 21.7 Å². The van der Waals surface area contributed by atoms with Crippen molar-refractivity contribution in [1.29, 1.82) is 0 Å². The number of methoxy groups -OCH3 is 1. The van der Waals surface area contributed by atoms with E-state index in [0.717, 1.165) is 17.0 Å². The highest BCUT2D eigenvalue weighted by atomic mass is 35.5. The van der Waals surface area contributed by atoms with Gasteiger partial charge in [0.15, 0.2) is 5.11 Å². The van der Waals surface area contributed by atoms with Gasteiger partial charge in [0.1, 0.15) is 5.75 Å². The third kappa shape index (κ3) is 4.50. The average molecular weight is 355 g/mol. The van der Waals surface area contributed by atoms with Gasteiger partial charge in [-0.3, -0.25) is 0 Å². The number of hydrogen-bond acceptors (Lipinski definition) is 2. The summed E-state index contributed by atoms with van der Waals surface area (Å²) in [5, 5.41) is 4.88. The Bertz CT molecular complexity index is 679. The molecule has 0 saturated heterocycles. The standard InChI is InChI=1S/C16H16Cl2N2OS/c1-20(10-11-6-7-14(17)15(18)8-11)16(22)19-12-4-3-5-13(9-12)21-2/h3-9H,10H2,1-2H3,(H,19,22). The molecule has 0 spiro atoms. The minimum atomic E-state index is 0.541. The van der Waals surface area contributed by atoms with Gasteiger partial charge in [-0.25, -0.2) is 0 Å². The van der Waals surface area contributed by atoms with Gasteiger partial charge in [0.2, 0.25) is 0 Å². The van der Waals surface area contributed by atoms with E-state index in [1.54, 1.807) is 13.2 Å². The summed E-state index contributed by atoms with van der Waals surface area (Å²) in [4.78, 5) is 1.92. The number of hydrogen-bond donors (Lipinski definition) is 1. The minimum Gasteiger partial charge on any atom is -0.497 e. The number of benzene rings is 2. The molecule has 0 aliphatic rings. The fourth-order valence-electron chi connectivity index (χ4n) is 1.90. The Morgan fingerprint density at radius 2 is 1.95 bits per heavy atom. The second-order valence-electron chi connectivity index (χ2n) is 4.77. The van der Waals surface area contributed by atoms with E-state index in [4.69, 9.17) is 40.2 Å². The molecule has 3 nitrogen and oxygen atoms in total. The molecule has 0 amide bonds. The van der Waals surface area contributed by atoms with Gasteiger partial charge in [0.05, 0.1) is 17.2 Å². The summed E-state index contributed by atoms with van der Waals surface area (Å²) in [6.45, 7) is 0.632. The summed E-state index contributed by atoms with van der Waals surface area (Å²) >= 11 is 17.4. The van der Waals surface area contributed by atoms with Gasteiger partial charge >= 0.3 is 0 Å². The summed E-state index contributed by atoms with van der Waals surface area (Å²) in [5.74, 6) is 0.778. The van der Waals surface area contributed by atoms with Crippen LogP contribution in [0.3, 0.4) is 0 Å². The van der Waals surface area contributed by atoms with Crippen molar-refractivity contribution in [2.75, 3.05) is 19.5 Å². The van der Waals surface area contributed by atoms with E-state index in [9.17, 15) is 0 Å². The smallest absolute Gasteiger partial charge is 0.173 e. The predicted octanol–water partition coefficient (Wildman–Crippen LogP) is 4.83. The zero-order valence-corrected chi connectivity index (χ0v) is 14.6. The van der Waals surface area contributed by atoms with Crippen LogP contribution in [0.2, 0.25) is 10.0 Å². The molecule has 0 aromatic heterocycles. The maximum atomic E-state index is 6.03. The van der Waals surface area contributed by atoms with Crippen molar-refractivity contribution < 1.29 is 4.74 Å². The average Bonchev–Trinajstić information content (AvgIpc) is 2.51. The number of rotatable bonds is 4. The Hall–Kier alpha value is -1.49. The molecule has 2 aromatic carbocycles. The number of ether oxygens (including phenoxy) is 1. The van der Waals surface area contributed by atoms with Crippen LogP contribution in [-0.4, -0.2) is 24.2 Å². The Kier molecular flexibility index (Phi) is 5.89. The van der Waals surface area contributed by atoms with E-state index in [2.05, 4.69) is 5.32 Å². The summed E-state index contributed by atoms with van der Waals surface area (Å²) in [7, 11) is 3.55. The molecule has 2 aromatic rings. The Labute approximate surface area is 145 Å². The van der Waals surface area contributed by atoms with Crippen LogP contribution in [0.25, 0.3) is 0 Å². The van der Waals surface area contributed by atoms with Crippen LogP contribution in [0, 0.1) is 0 Å². The van der Waals surface area contributed by atoms with E-state index in [-0.39, 0.29) is 0 Å². The van der Waals surface area contributed by atoms with Crippen LogP contribution in [-0.2, 0) is 6.54 Å². The lowest BCUT2D eigenvalue weighted by Crippen LogP contribution is -2.30. The zero-order valence-electron chi connectivity index (χ0n) is 12.3. The quantitative estimate of drug-likeness (QED) is 0.794. The summed E-state index contributed by atoms with van der Waals surface area (Å²) in [6, 6.07) is 13.2. The molecule has 22 heavy (non-hydrogen) atoms. The highest BCUT2D eigenvalue weighted by molar-refractivity contribution is 7.80. The van der Waals surface area contributed by atoms with E-state index in [1.807, 2.05) is 48.3 Å². The fraction of sp³-hybridized carbons (Fsp3) is 0.188. The van der Waals surface area contributed by atoms with Crippen LogP contribution in [0.15, 0.2) is 42.5 Å². The second kappa shape index (κ2) is 7.68. The van der Waals surface area contributed by atoms with Crippen molar-refractivity contribution in [1.82, 2.24) is 4.90 Å². The molecule has 0 saturated carbocycles. The van der Waals surface area contributed by atoms with Gasteiger partial charge in [-0.1, -0.05) is 35.3 Å². The van der Waals surface area contributed by atoms with Gasteiger partial charge in [0, 0.05) is 25.3 Å². The van der Waals surface area contributed by atoms with Crippen molar-refractivity contribution in [2.45, 2.75) is 6.54 Å². The monoisotopic (exact) mass is 354 g/mol. The minimum absolute atomic E-state index is 0.541. The topological polar surface area (TPSA) is 24.5 Å². The zero-order chi connectivity index (χ0) is 16.1. The molecule has 0 fully saturated rings. The van der Waals surface area contributed by atoms with Crippen LogP contribution >= 0.6 is 35.4 Å². The Balaban J connectivity index is 2.00. The maximum absolute atomic E-state index is 6.03. The fourth-order valence-corrected chi connectivity index (χ4v) is 2.41. The number of nitrogens with zero attached hydrogens (tertiary/aromatic N) is 1. The highest BCUT2D eigenvalue weighted by Gasteiger charge is 2.07. The van der Waals surface area contributed by atoms with Crippen molar-refractivity contribution in [2.24, 2.45) is 0 Å². The van der Waals surface area contributed by atoms with Gasteiger partial charge in [-0.05, 0) is 42.0 Å². The summed E-state index contributed by atoms with van der Waals surface area (Å²) < 4.78 is 5.19. The predicted molar refractivity (Wildman–Crippen MR) is 97.1 cm³/mol. The first-order valence-electron chi connectivity index (χ1n) is 6.59. The molecule has 0 atom stereocenters. The van der Waals surface area contributed by atoms with E-state index in [1.165, 1.54) is 0 Å². The normalized spacial score (nSPS) is 10.2. The van der Waals surface area contributed by atoms with Crippen molar-refractivity contribution >= 4 is 46.2 Å². The number of thiocarbonyl (C=S) groups is 1. The highest BCUT2D eigenvalue weighted by Crippen LogP contribution is 2.23. The van der Waals surface area contributed by atoms with Crippen LogP contribution in [0.1, 0.15) is 5.56 Å². The number of halogens is 2. The van der Waals surface area contributed by atoms with Gasteiger partial charge in [-0.15, -0.1) is 0 Å². The van der Waals surface area contributed by atoms with Crippen LogP contribution < -0.4 is 10.1 Å². The molecule has 0 radical (unpaired) electrons. The summed E-state index contributed by atoms with van der Waals surface area (Å²) in [5.41, 5.74) is 1.91.